The Morgan fingerprint density at radius 2 is 2.00 bits per heavy atom. The van der Waals surface area contributed by atoms with Crippen molar-refractivity contribution in [2.24, 2.45) is 17.8 Å². The Bertz CT molecular complexity index is 627. The molecular formula is C17H20O5. The Labute approximate surface area is 129 Å². The third-order valence-electron chi connectivity index (χ3n) is 5.05. The minimum absolute atomic E-state index is 0.0159. The average molecular weight is 304 g/mol. The van der Waals surface area contributed by atoms with Crippen molar-refractivity contribution in [2.45, 2.75) is 46.3 Å². The Kier molecular flexibility index (Phi) is 3.46. The largest absolute Gasteiger partial charge is 0.462 e. The highest BCUT2D eigenvalue weighted by molar-refractivity contribution is 6.09. The summed E-state index contributed by atoms with van der Waals surface area (Å²) in [6.07, 6.45) is 1.24. The highest BCUT2D eigenvalue weighted by atomic mass is 16.6. The molecule has 1 aliphatic heterocycles. The van der Waals surface area contributed by atoms with Crippen LogP contribution in [0.3, 0.4) is 0 Å². The second-order valence-electron chi connectivity index (χ2n) is 6.54. The number of esters is 2. The lowest BCUT2D eigenvalue weighted by atomic mass is 9.79. The average Bonchev–Trinajstić information content (AvgIpc) is 2.81. The van der Waals surface area contributed by atoms with E-state index in [2.05, 4.69) is 0 Å². The van der Waals surface area contributed by atoms with E-state index in [4.69, 9.17) is 9.47 Å². The number of carbonyl (C=O) groups is 3. The summed E-state index contributed by atoms with van der Waals surface area (Å²) in [6.45, 7) is 6.96. The van der Waals surface area contributed by atoms with Crippen LogP contribution in [0.1, 0.15) is 34.1 Å². The van der Waals surface area contributed by atoms with E-state index in [9.17, 15) is 14.4 Å². The van der Waals surface area contributed by atoms with Crippen molar-refractivity contribution < 1.29 is 23.9 Å². The topological polar surface area (TPSA) is 69.7 Å². The highest BCUT2D eigenvalue weighted by Gasteiger charge is 2.55. The van der Waals surface area contributed by atoms with E-state index in [0.29, 0.717) is 12.0 Å². The van der Waals surface area contributed by atoms with Crippen LogP contribution in [0.5, 0.6) is 0 Å². The lowest BCUT2D eigenvalue weighted by molar-refractivity contribution is -0.150. The molecule has 1 fully saturated rings. The molecule has 5 atom stereocenters. The maximum atomic E-state index is 12.3. The first-order valence-corrected chi connectivity index (χ1v) is 7.61. The van der Waals surface area contributed by atoms with Crippen LogP contribution in [-0.2, 0) is 23.9 Å². The molecule has 3 rings (SSSR count). The van der Waals surface area contributed by atoms with E-state index in [1.54, 1.807) is 13.0 Å². The predicted molar refractivity (Wildman–Crippen MR) is 77.7 cm³/mol. The molecule has 1 heterocycles. The van der Waals surface area contributed by atoms with Crippen molar-refractivity contribution in [3.05, 3.63) is 22.8 Å². The number of allylic oxidation sites excluding steroid dienone is 1. The van der Waals surface area contributed by atoms with Gasteiger partial charge >= 0.3 is 11.9 Å². The molecule has 0 saturated carbocycles. The van der Waals surface area contributed by atoms with Crippen LogP contribution in [0.25, 0.3) is 0 Å². The first-order chi connectivity index (χ1) is 10.3. The summed E-state index contributed by atoms with van der Waals surface area (Å²) in [5.74, 6) is -1.44. The molecule has 0 bridgehead atoms. The van der Waals surface area contributed by atoms with Gasteiger partial charge in [-0.05, 0) is 19.9 Å². The normalized spacial score (nSPS) is 37.3. The molecule has 5 heteroatoms. The summed E-state index contributed by atoms with van der Waals surface area (Å²) in [7, 11) is 0. The van der Waals surface area contributed by atoms with Crippen molar-refractivity contribution in [1.82, 2.24) is 0 Å². The lowest BCUT2D eigenvalue weighted by Crippen LogP contribution is -2.37. The molecule has 3 aliphatic rings. The number of rotatable bonds is 1. The molecule has 2 aliphatic carbocycles. The van der Waals surface area contributed by atoms with Crippen LogP contribution in [-0.4, -0.2) is 29.9 Å². The molecule has 0 amide bonds. The number of hydrogen-bond donors (Lipinski definition) is 0. The summed E-state index contributed by atoms with van der Waals surface area (Å²) in [5.41, 5.74) is 2.55. The van der Waals surface area contributed by atoms with Gasteiger partial charge < -0.3 is 9.47 Å². The molecule has 0 aromatic carbocycles. The molecule has 0 aromatic rings. The highest BCUT2D eigenvalue weighted by Crippen LogP contribution is 2.48. The Morgan fingerprint density at radius 1 is 1.32 bits per heavy atom. The molecule has 0 radical (unpaired) electrons. The van der Waals surface area contributed by atoms with Crippen LogP contribution < -0.4 is 0 Å². The van der Waals surface area contributed by atoms with Gasteiger partial charge in [0.25, 0.3) is 0 Å². The number of carbonyl (C=O) groups excluding carboxylic acids is 3. The quantitative estimate of drug-likeness (QED) is 0.693. The first kappa shape index (κ1) is 15.0. The zero-order valence-electron chi connectivity index (χ0n) is 13.2. The Balaban J connectivity index is 2.08. The van der Waals surface area contributed by atoms with Crippen molar-refractivity contribution >= 4 is 17.7 Å². The van der Waals surface area contributed by atoms with Crippen LogP contribution in [0, 0.1) is 17.8 Å². The third kappa shape index (κ3) is 2.11. The van der Waals surface area contributed by atoms with Crippen molar-refractivity contribution in [3.8, 4) is 0 Å². The van der Waals surface area contributed by atoms with Gasteiger partial charge in [0.1, 0.15) is 12.2 Å². The monoisotopic (exact) mass is 304 g/mol. The number of hydrogen-bond acceptors (Lipinski definition) is 5. The van der Waals surface area contributed by atoms with E-state index in [-0.39, 0.29) is 35.5 Å². The van der Waals surface area contributed by atoms with Gasteiger partial charge in [-0.25, -0.2) is 0 Å². The molecular weight excluding hydrogens is 284 g/mol. The fourth-order valence-electron chi connectivity index (χ4n) is 4.12. The Hall–Kier alpha value is -1.91. The molecule has 1 unspecified atom stereocenters. The first-order valence-electron chi connectivity index (χ1n) is 7.61. The maximum absolute atomic E-state index is 12.3. The number of fused-ring (bicyclic) bond motifs is 3. The van der Waals surface area contributed by atoms with Gasteiger partial charge in [0.15, 0.2) is 5.78 Å². The Morgan fingerprint density at radius 3 is 2.64 bits per heavy atom. The van der Waals surface area contributed by atoms with E-state index >= 15 is 0 Å². The van der Waals surface area contributed by atoms with Crippen molar-refractivity contribution in [3.63, 3.8) is 0 Å². The van der Waals surface area contributed by atoms with Crippen LogP contribution in [0.2, 0.25) is 0 Å². The van der Waals surface area contributed by atoms with Crippen molar-refractivity contribution in [2.75, 3.05) is 0 Å². The smallest absolute Gasteiger partial charge is 0.309 e. The van der Waals surface area contributed by atoms with Gasteiger partial charge in [0.2, 0.25) is 0 Å². The number of ketones is 1. The van der Waals surface area contributed by atoms with Crippen LogP contribution in [0.15, 0.2) is 22.8 Å². The van der Waals surface area contributed by atoms with E-state index in [1.807, 2.05) is 13.8 Å². The van der Waals surface area contributed by atoms with Gasteiger partial charge in [-0.1, -0.05) is 18.1 Å². The second-order valence-corrected chi connectivity index (χ2v) is 6.54. The fourth-order valence-corrected chi connectivity index (χ4v) is 4.12. The zero-order chi connectivity index (χ0) is 16.2. The SMILES string of the molecule is CC(=O)O[C@H]1CC(C)=C2C(=O)C=C(C)[C@@H]2[C@H]2OC(=O)C(C)[C@@H]21. The van der Waals surface area contributed by atoms with Gasteiger partial charge in [0, 0.05) is 30.8 Å². The standard InChI is InChI=1S/C17H20O5/c1-7-5-11(19)13-8(2)6-12(21-10(4)18)15-9(3)17(20)22-16(15)14(7)13/h5,9,12,14-16H,6H2,1-4H3/t9?,12-,14-,15+,16+/m0/s1. The third-order valence-corrected chi connectivity index (χ3v) is 5.05. The van der Waals surface area contributed by atoms with E-state index in [0.717, 1.165) is 11.1 Å². The van der Waals surface area contributed by atoms with Gasteiger partial charge in [-0.3, -0.25) is 14.4 Å². The molecule has 22 heavy (non-hydrogen) atoms. The van der Waals surface area contributed by atoms with Crippen LogP contribution in [0.4, 0.5) is 0 Å². The summed E-state index contributed by atoms with van der Waals surface area (Å²) in [4.78, 5) is 35.8. The van der Waals surface area contributed by atoms with E-state index < -0.39 is 12.2 Å². The molecule has 1 saturated heterocycles. The zero-order valence-corrected chi connectivity index (χ0v) is 13.2. The molecule has 5 nitrogen and oxygen atoms in total. The molecule has 0 N–H and O–H groups in total. The maximum Gasteiger partial charge on any atom is 0.309 e. The summed E-state index contributed by atoms with van der Waals surface area (Å²) < 4.78 is 11.1. The summed E-state index contributed by atoms with van der Waals surface area (Å²) >= 11 is 0. The predicted octanol–water partition coefficient (Wildman–Crippen LogP) is 1.96. The van der Waals surface area contributed by atoms with Crippen molar-refractivity contribution in [1.29, 1.82) is 0 Å². The van der Waals surface area contributed by atoms with E-state index in [1.165, 1.54) is 6.92 Å². The summed E-state index contributed by atoms with van der Waals surface area (Å²) in [5, 5.41) is 0. The second kappa shape index (κ2) is 5.07. The van der Waals surface area contributed by atoms with Gasteiger partial charge in [-0.15, -0.1) is 0 Å². The van der Waals surface area contributed by atoms with Gasteiger partial charge in [0.05, 0.1) is 5.92 Å². The molecule has 118 valence electrons. The number of ether oxygens (including phenoxy) is 2. The lowest BCUT2D eigenvalue weighted by Gasteiger charge is -2.29. The minimum atomic E-state index is -0.429. The fraction of sp³-hybridized carbons (Fsp3) is 0.588. The molecule has 0 spiro atoms. The summed E-state index contributed by atoms with van der Waals surface area (Å²) in [6, 6.07) is 0. The molecule has 0 aromatic heterocycles. The minimum Gasteiger partial charge on any atom is -0.462 e. The van der Waals surface area contributed by atoms with Gasteiger partial charge in [-0.2, -0.15) is 0 Å². The van der Waals surface area contributed by atoms with Crippen LogP contribution >= 0.6 is 0 Å².